The summed E-state index contributed by atoms with van der Waals surface area (Å²) in [4.78, 5) is 1.88. The van der Waals surface area contributed by atoms with Crippen LogP contribution in [0, 0.1) is 5.92 Å². The second-order valence-electron chi connectivity index (χ2n) is 6.79. The number of nitrogens with one attached hydrogen (secondary N) is 1. The van der Waals surface area contributed by atoms with Crippen LogP contribution in [0.2, 0.25) is 0 Å². The molecule has 148 valence electrons. The maximum Gasteiger partial charge on any atom is 0.416 e. The second-order valence-corrected chi connectivity index (χ2v) is 6.79. The topological polar surface area (TPSA) is 15.3 Å². The van der Waals surface area contributed by atoms with E-state index in [1.165, 1.54) is 0 Å². The van der Waals surface area contributed by atoms with Gasteiger partial charge in [-0.05, 0) is 36.1 Å². The lowest BCUT2D eigenvalue weighted by atomic mass is 9.85. The van der Waals surface area contributed by atoms with Gasteiger partial charge < -0.3 is 5.32 Å². The molecule has 1 fully saturated rings. The molecule has 0 saturated carbocycles. The van der Waals surface area contributed by atoms with Crippen molar-refractivity contribution in [2.75, 3.05) is 26.2 Å². The van der Waals surface area contributed by atoms with Crippen LogP contribution in [0.3, 0.4) is 0 Å². The number of benzene rings is 1. The van der Waals surface area contributed by atoms with E-state index in [0.717, 1.165) is 6.42 Å². The normalized spacial score (nSPS) is 19.4. The van der Waals surface area contributed by atoms with Crippen molar-refractivity contribution in [3.8, 4) is 0 Å². The molecular weight excluding hydrogens is 358 g/mol. The molecule has 1 aliphatic heterocycles. The third-order valence-corrected chi connectivity index (χ3v) is 4.83. The van der Waals surface area contributed by atoms with E-state index < -0.39 is 29.5 Å². The number of rotatable bonds is 5. The molecule has 1 aromatic rings. The van der Waals surface area contributed by atoms with Crippen molar-refractivity contribution in [1.29, 1.82) is 0 Å². The van der Waals surface area contributed by atoms with E-state index in [1.54, 1.807) is 0 Å². The first-order chi connectivity index (χ1) is 12.1. The summed E-state index contributed by atoms with van der Waals surface area (Å²) in [5.74, 6) is -0.192. The average molecular weight is 382 g/mol. The van der Waals surface area contributed by atoms with Gasteiger partial charge in [-0.25, -0.2) is 0 Å². The fraction of sp³-hybridized carbons (Fsp3) is 0.667. The molecule has 1 unspecified atom stereocenters. The van der Waals surface area contributed by atoms with Crippen molar-refractivity contribution >= 4 is 0 Å². The smallest absolute Gasteiger partial charge is 0.314 e. The zero-order valence-electron chi connectivity index (χ0n) is 14.8. The molecule has 0 spiro atoms. The minimum absolute atomic E-state index is 0.192. The van der Waals surface area contributed by atoms with Gasteiger partial charge in [-0.1, -0.05) is 20.3 Å². The predicted molar refractivity (Wildman–Crippen MR) is 87.7 cm³/mol. The molecule has 2 rings (SSSR count). The first kappa shape index (κ1) is 21.0. The fourth-order valence-electron chi connectivity index (χ4n) is 3.68. The number of hydrogen-bond acceptors (Lipinski definition) is 2. The highest BCUT2D eigenvalue weighted by atomic mass is 19.4. The molecule has 26 heavy (non-hydrogen) atoms. The fourth-order valence-corrected chi connectivity index (χ4v) is 3.68. The molecular formula is C18H24F6N2. The number of piperazine rings is 1. The van der Waals surface area contributed by atoms with Crippen molar-refractivity contribution in [3.05, 3.63) is 34.9 Å². The predicted octanol–water partition coefficient (Wildman–Crippen LogP) is 5.11. The molecule has 0 aliphatic carbocycles. The Morgan fingerprint density at radius 2 is 1.65 bits per heavy atom. The lowest BCUT2D eigenvalue weighted by molar-refractivity contribution is -0.142. The average Bonchev–Trinajstić information content (AvgIpc) is 2.54. The molecule has 1 saturated heterocycles. The quantitative estimate of drug-likeness (QED) is 0.713. The Labute approximate surface area is 149 Å². The SMILES string of the molecule is CCCC(C)[C@@H](c1cc(C(F)(F)F)ccc1C(F)(F)F)N1CCNCC1. The van der Waals surface area contributed by atoms with Gasteiger partial charge in [-0.3, -0.25) is 4.90 Å². The second kappa shape index (κ2) is 8.17. The highest BCUT2D eigenvalue weighted by Gasteiger charge is 2.40. The van der Waals surface area contributed by atoms with Crippen molar-refractivity contribution in [2.45, 2.75) is 45.1 Å². The van der Waals surface area contributed by atoms with E-state index in [9.17, 15) is 26.3 Å². The Bertz CT molecular complexity index is 590. The lowest BCUT2D eigenvalue weighted by Gasteiger charge is -2.40. The third kappa shape index (κ3) is 4.91. The molecule has 1 heterocycles. The number of hydrogen-bond donors (Lipinski definition) is 1. The van der Waals surface area contributed by atoms with Gasteiger partial charge >= 0.3 is 12.4 Å². The number of halogens is 6. The summed E-state index contributed by atoms with van der Waals surface area (Å²) in [6.07, 6.45) is -7.98. The Morgan fingerprint density at radius 1 is 1.04 bits per heavy atom. The van der Waals surface area contributed by atoms with Gasteiger partial charge in [0.25, 0.3) is 0 Å². The first-order valence-corrected chi connectivity index (χ1v) is 8.78. The van der Waals surface area contributed by atoms with Gasteiger partial charge in [0.15, 0.2) is 0 Å². The zero-order valence-corrected chi connectivity index (χ0v) is 14.8. The van der Waals surface area contributed by atoms with E-state index in [0.29, 0.717) is 50.8 Å². The number of alkyl halides is 6. The highest BCUT2D eigenvalue weighted by molar-refractivity contribution is 5.38. The van der Waals surface area contributed by atoms with Crippen LogP contribution in [0.1, 0.15) is 49.4 Å². The summed E-state index contributed by atoms with van der Waals surface area (Å²) in [7, 11) is 0. The molecule has 0 amide bonds. The Kier molecular flexibility index (Phi) is 6.60. The van der Waals surface area contributed by atoms with Crippen LogP contribution in [-0.2, 0) is 12.4 Å². The van der Waals surface area contributed by atoms with Crippen LogP contribution in [0.5, 0.6) is 0 Å². The van der Waals surface area contributed by atoms with Crippen molar-refractivity contribution in [1.82, 2.24) is 10.2 Å². The highest BCUT2D eigenvalue weighted by Crippen LogP contribution is 2.43. The summed E-state index contributed by atoms with van der Waals surface area (Å²) in [6, 6.07) is 1.09. The zero-order chi connectivity index (χ0) is 19.5. The van der Waals surface area contributed by atoms with Crippen LogP contribution in [-0.4, -0.2) is 31.1 Å². The summed E-state index contributed by atoms with van der Waals surface area (Å²) >= 11 is 0. The molecule has 0 bridgehead atoms. The largest absolute Gasteiger partial charge is 0.416 e. The maximum absolute atomic E-state index is 13.5. The Morgan fingerprint density at radius 3 is 2.15 bits per heavy atom. The summed E-state index contributed by atoms with van der Waals surface area (Å²) in [6.45, 7) is 5.96. The van der Waals surface area contributed by atoms with E-state index in [-0.39, 0.29) is 11.5 Å². The summed E-state index contributed by atoms with van der Waals surface area (Å²) in [5.41, 5.74) is -2.28. The van der Waals surface area contributed by atoms with Crippen LogP contribution in [0.4, 0.5) is 26.3 Å². The lowest BCUT2D eigenvalue weighted by Crippen LogP contribution is -2.47. The Hall–Kier alpha value is -1.28. The molecule has 0 aromatic heterocycles. The first-order valence-electron chi connectivity index (χ1n) is 8.78. The number of nitrogens with zero attached hydrogens (tertiary/aromatic N) is 1. The molecule has 8 heteroatoms. The molecule has 1 aromatic carbocycles. The van der Waals surface area contributed by atoms with E-state index in [1.807, 2.05) is 18.7 Å². The van der Waals surface area contributed by atoms with Crippen LogP contribution in [0.25, 0.3) is 0 Å². The summed E-state index contributed by atoms with van der Waals surface area (Å²) < 4.78 is 80.1. The van der Waals surface area contributed by atoms with Gasteiger partial charge in [0, 0.05) is 32.2 Å². The molecule has 0 radical (unpaired) electrons. The molecule has 1 aliphatic rings. The van der Waals surface area contributed by atoms with Crippen LogP contribution < -0.4 is 5.32 Å². The minimum Gasteiger partial charge on any atom is -0.314 e. The van der Waals surface area contributed by atoms with Gasteiger partial charge in [-0.15, -0.1) is 0 Å². The summed E-state index contributed by atoms with van der Waals surface area (Å²) in [5, 5.41) is 3.13. The van der Waals surface area contributed by atoms with E-state index in [2.05, 4.69) is 5.32 Å². The van der Waals surface area contributed by atoms with Gasteiger partial charge in [0.2, 0.25) is 0 Å². The van der Waals surface area contributed by atoms with Gasteiger partial charge in [0.1, 0.15) is 0 Å². The molecule has 2 atom stereocenters. The standard InChI is InChI=1S/C18H24F6N2/c1-3-4-12(2)16(26-9-7-25-8-10-26)14-11-13(17(19,20)21)5-6-15(14)18(22,23)24/h5-6,11-12,16,25H,3-4,7-10H2,1-2H3/t12?,16-/m0/s1. The maximum atomic E-state index is 13.5. The van der Waals surface area contributed by atoms with Crippen LogP contribution in [0.15, 0.2) is 18.2 Å². The van der Waals surface area contributed by atoms with Crippen molar-refractivity contribution in [2.24, 2.45) is 5.92 Å². The molecule has 2 nitrogen and oxygen atoms in total. The third-order valence-electron chi connectivity index (χ3n) is 4.83. The Balaban J connectivity index is 2.59. The van der Waals surface area contributed by atoms with Gasteiger partial charge in [0.05, 0.1) is 11.1 Å². The van der Waals surface area contributed by atoms with E-state index in [4.69, 9.17) is 0 Å². The molecule has 1 N–H and O–H groups in total. The minimum atomic E-state index is -4.70. The van der Waals surface area contributed by atoms with Crippen molar-refractivity contribution in [3.63, 3.8) is 0 Å². The van der Waals surface area contributed by atoms with Gasteiger partial charge in [-0.2, -0.15) is 26.3 Å². The van der Waals surface area contributed by atoms with Crippen molar-refractivity contribution < 1.29 is 26.3 Å². The van der Waals surface area contributed by atoms with Crippen LogP contribution >= 0.6 is 0 Å². The van der Waals surface area contributed by atoms with E-state index >= 15 is 0 Å². The monoisotopic (exact) mass is 382 g/mol.